The number of benzene rings is 2. The molecule has 0 saturated heterocycles. The smallest absolute Gasteiger partial charge is 0.262 e. The molecule has 0 aliphatic heterocycles. The van der Waals surface area contributed by atoms with Gasteiger partial charge < -0.3 is 15.4 Å². The minimum atomic E-state index is -0.250. The molecular weight excluding hydrogens is 316 g/mol. The van der Waals surface area contributed by atoms with Gasteiger partial charge in [-0.2, -0.15) is 0 Å². The van der Waals surface area contributed by atoms with Gasteiger partial charge in [-0.05, 0) is 56.2 Å². The summed E-state index contributed by atoms with van der Waals surface area (Å²) in [6.07, 6.45) is 0.876. The van der Waals surface area contributed by atoms with Gasteiger partial charge in [0.15, 0.2) is 6.61 Å². The molecule has 5 nitrogen and oxygen atoms in total. The molecule has 0 radical (unpaired) electrons. The topological polar surface area (TPSA) is 67.4 Å². The van der Waals surface area contributed by atoms with Crippen molar-refractivity contribution < 1.29 is 14.3 Å². The molecule has 0 bridgehead atoms. The van der Waals surface area contributed by atoms with Crippen molar-refractivity contribution in [3.05, 3.63) is 59.7 Å². The Morgan fingerprint density at radius 1 is 1.08 bits per heavy atom. The molecule has 1 unspecified atom stereocenters. The first-order chi connectivity index (χ1) is 12.0. The molecule has 2 aromatic rings. The lowest BCUT2D eigenvalue weighted by Crippen LogP contribution is -2.31. The van der Waals surface area contributed by atoms with Gasteiger partial charge >= 0.3 is 0 Å². The number of aryl methyl sites for hydroxylation is 1. The van der Waals surface area contributed by atoms with Crippen molar-refractivity contribution in [1.82, 2.24) is 5.32 Å². The summed E-state index contributed by atoms with van der Waals surface area (Å²) in [5.41, 5.74) is 2.17. The number of anilines is 1. The van der Waals surface area contributed by atoms with E-state index in [1.807, 2.05) is 45.0 Å². The highest BCUT2D eigenvalue weighted by atomic mass is 16.5. The minimum Gasteiger partial charge on any atom is -0.483 e. The molecule has 1 atom stereocenters. The Kier molecular flexibility index (Phi) is 6.57. The number of nitrogens with one attached hydrogen (secondary N) is 2. The molecule has 0 aliphatic rings. The van der Waals surface area contributed by atoms with Crippen LogP contribution in [0.1, 0.15) is 36.2 Å². The molecule has 2 N–H and O–H groups in total. The van der Waals surface area contributed by atoms with E-state index in [4.69, 9.17) is 4.74 Å². The van der Waals surface area contributed by atoms with Crippen LogP contribution >= 0.6 is 0 Å². The molecular formula is C20H24N2O3. The Bertz CT molecular complexity index is 726. The van der Waals surface area contributed by atoms with Crippen LogP contribution in [0.2, 0.25) is 0 Å². The average molecular weight is 340 g/mol. The van der Waals surface area contributed by atoms with Gasteiger partial charge in [-0.15, -0.1) is 0 Å². The highest BCUT2D eigenvalue weighted by Crippen LogP contribution is 2.16. The Morgan fingerprint density at radius 2 is 1.76 bits per heavy atom. The molecule has 0 saturated carbocycles. The summed E-state index contributed by atoms with van der Waals surface area (Å²) in [6, 6.07) is 14.5. The van der Waals surface area contributed by atoms with Crippen LogP contribution in [-0.4, -0.2) is 24.5 Å². The van der Waals surface area contributed by atoms with E-state index in [1.54, 1.807) is 24.3 Å². The number of amides is 2. The summed E-state index contributed by atoms with van der Waals surface area (Å²) in [4.78, 5) is 24.0. The predicted molar refractivity (Wildman–Crippen MR) is 99.0 cm³/mol. The summed E-state index contributed by atoms with van der Waals surface area (Å²) in [7, 11) is 0. The first kappa shape index (κ1) is 18.5. The van der Waals surface area contributed by atoms with E-state index >= 15 is 0 Å². The lowest BCUT2D eigenvalue weighted by Gasteiger charge is -2.12. The van der Waals surface area contributed by atoms with Crippen LogP contribution in [-0.2, 0) is 4.79 Å². The van der Waals surface area contributed by atoms with Crippen LogP contribution in [0.3, 0.4) is 0 Å². The number of hydrogen-bond donors (Lipinski definition) is 2. The van der Waals surface area contributed by atoms with Crippen molar-refractivity contribution >= 4 is 17.5 Å². The Labute approximate surface area is 148 Å². The van der Waals surface area contributed by atoms with Gasteiger partial charge in [-0.3, -0.25) is 9.59 Å². The number of carbonyl (C=O) groups excluding carboxylic acids is 2. The Morgan fingerprint density at radius 3 is 2.40 bits per heavy atom. The molecule has 25 heavy (non-hydrogen) atoms. The van der Waals surface area contributed by atoms with Gasteiger partial charge in [-0.25, -0.2) is 0 Å². The summed E-state index contributed by atoms with van der Waals surface area (Å²) in [5.74, 6) is 0.324. The third-order valence-corrected chi connectivity index (χ3v) is 3.87. The summed E-state index contributed by atoms with van der Waals surface area (Å²) in [6.45, 7) is 5.83. The Hall–Kier alpha value is -2.82. The van der Waals surface area contributed by atoms with Crippen molar-refractivity contribution in [1.29, 1.82) is 0 Å². The fourth-order valence-corrected chi connectivity index (χ4v) is 2.17. The second-order valence-electron chi connectivity index (χ2n) is 5.96. The van der Waals surface area contributed by atoms with E-state index < -0.39 is 0 Å². The molecule has 0 fully saturated rings. The van der Waals surface area contributed by atoms with Crippen LogP contribution in [0.4, 0.5) is 5.69 Å². The maximum Gasteiger partial charge on any atom is 0.262 e. The molecule has 0 spiro atoms. The van der Waals surface area contributed by atoms with Crippen molar-refractivity contribution in [3.8, 4) is 5.75 Å². The second kappa shape index (κ2) is 8.87. The van der Waals surface area contributed by atoms with Crippen LogP contribution in [0.15, 0.2) is 48.5 Å². The zero-order valence-electron chi connectivity index (χ0n) is 14.8. The fourth-order valence-electron chi connectivity index (χ4n) is 2.17. The molecule has 2 amide bonds. The number of rotatable bonds is 7. The number of carbonyl (C=O) groups is 2. The monoisotopic (exact) mass is 340 g/mol. The minimum absolute atomic E-state index is 0.0683. The van der Waals surface area contributed by atoms with E-state index in [0.717, 1.165) is 12.0 Å². The van der Waals surface area contributed by atoms with Crippen molar-refractivity contribution in [3.63, 3.8) is 0 Å². The van der Waals surface area contributed by atoms with E-state index in [2.05, 4.69) is 10.6 Å². The quantitative estimate of drug-likeness (QED) is 0.810. The van der Waals surface area contributed by atoms with Gasteiger partial charge in [0.2, 0.25) is 0 Å². The fraction of sp³-hybridized carbons (Fsp3) is 0.300. The third-order valence-electron chi connectivity index (χ3n) is 3.87. The number of ether oxygens (including phenoxy) is 1. The molecule has 2 rings (SSSR count). The van der Waals surface area contributed by atoms with E-state index in [-0.39, 0.29) is 24.5 Å². The zero-order chi connectivity index (χ0) is 18.2. The number of hydrogen-bond acceptors (Lipinski definition) is 3. The molecule has 0 aromatic heterocycles. The zero-order valence-corrected chi connectivity index (χ0v) is 14.8. The largest absolute Gasteiger partial charge is 0.483 e. The van der Waals surface area contributed by atoms with Crippen molar-refractivity contribution in [2.24, 2.45) is 0 Å². The highest BCUT2D eigenvalue weighted by molar-refractivity contribution is 5.96. The van der Waals surface area contributed by atoms with E-state index in [9.17, 15) is 9.59 Å². The average Bonchev–Trinajstić information content (AvgIpc) is 2.61. The van der Waals surface area contributed by atoms with E-state index in [1.165, 1.54) is 0 Å². The first-order valence-corrected chi connectivity index (χ1v) is 8.38. The van der Waals surface area contributed by atoms with E-state index in [0.29, 0.717) is 17.0 Å². The standard InChI is InChI=1S/C20H24N2O3/c1-4-15(3)21-20(24)16-9-11-17(12-10-16)22-19(23)13-25-18-8-6-5-7-14(18)2/h5-12,15H,4,13H2,1-3H3,(H,21,24)(H,22,23). The summed E-state index contributed by atoms with van der Waals surface area (Å²) >= 11 is 0. The SMILES string of the molecule is CCC(C)NC(=O)c1ccc(NC(=O)COc2ccccc2C)cc1. The molecule has 0 aliphatic carbocycles. The molecule has 0 heterocycles. The summed E-state index contributed by atoms with van der Waals surface area (Å²) < 4.78 is 5.51. The molecule has 2 aromatic carbocycles. The highest BCUT2D eigenvalue weighted by Gasteiger charge is 2.09. The van der Waals surface area contributed by atoms with Gasteiger partial charge in [0.25, 0.3) is 11.8 Å². The second-order valence-corrected chi connectivity index (χ2v) is 5.96. The third kappa shape index (κ3) is 5.64. The van der Waals surface area contributed by atoms with Crippen LogP contribution in [0, 0.1) is 6.92 Å². The first-order valence-electron chi connectivity index (χ1n) is 8.38. The van der Waals surface area contributed by atoms with Crippen molar-refractivity contribution in [2.45, 2.75) is 33.2 Å². The lowest BCUT2D eigenvalue weighted by molar-refractivity contribution is -0.118. The lowest BCUT2D eigenvalue weighted by atomic mass is 10.1. The molecule has 132 valence electrons. The van der Waals surface area contributed by atoms with Crippen LogP contribution < -0.4 is 15.4 Å². The predicted octanol–water partition coefficient (Wildman–Crippen LogP) is 3.54. The van der Waals surface area contributed by atoms with Gasteiger partial charge in [-0.1, -0.05) is 25.1 Å². The van der Waals surface area contributed by atoms with Gasteiger partial charge in [0.05, 0.1) is 0 Å². The Balaban J connectivity index is 1.87. The van der Waals surface area contributed by atoms with Crippen LogP contribution in [0.5, 0.6) is 5.75 Å². The maximum absolute atomic E-state index is 12.0. The summed E-state index contributed by atoms with van der Waals surface area (Å²) in [5, 5.41) is 5.66. The van der Waals surface area contributed by atoms with Crippen LogP contribution in [0.25, 0.3) is 0 Å². The van der Waals surface area contributed by atoms with Gasteiger partial charge in [0, 0.05) is 17.3 Å². The number of para-hydroxylation sites is 1. The van der Waals surface area contributed by atoms with Gasteiger partial charge in [0.1, 0.15) is 5.75 Å². The normalized spacial score (nSPS) is 11.5. The van der Waals surface area contributed by atoms with Crippen molar-refractivity contribution in [2.75, 3.05) is 11.9 Å². The maximum atomic E-state index is 12.0. The molecule has 5 heteroatoms.